The third-order valence-corrected chi connectivity index (χ3v) is 9.05. The number of amides is 1. The van der Waals surface area contributed by atoms with Gasteiger partial charge in [-0.25, -0.2) is 4.39 Å². The van der Waals surface area contributed by atoms with Crippen LogP contribution in [0.1, 0.15) is 41.2 Å². The summed E-state index contributed by atoms with van der Waals surface area (Å²) in [7, 11) is 0. The van der Waals surface area contributed by atoms with Crippen LogP contribution in [0, 0.1) is 31.0 Å². The van der Waals surface area contributed by atoms with Crippen molar-refractivity contribution in [2.75, 3.05) is 36.0 Å². The third-order valence-electron chi connectivity index (χ3n) is 7.67. The molecule has 1 amide bonds. The van der Waals surface area contributed by atoms with Crippen molar-refractivity contribution in [1.29, 1.82) is 5.26 Å². The summed E-state index contributed by atoms with van der Waals surface area (Å²) in [6, 6.07) is 16.6. The van der Waals surface area contributed by atoms with Crippen LogP contribution in [0.2, 0.25) is 0 Å². The van der Waals surface area contributed by atoms with Crippen molar-refractivity contribution >= 4 is 51.8 Å². The van der Waals surface area contributed by atoms with Crippen LogP contribution in [0.15, 0.2) is 58.2 Å². The number of nitrogens with zero attached hydrogens (tertiary/aromatic N) is 5. The molecule has 0 saturated carbocycles. The lowest BCUT2D eigenvalue weighted by Crippen LogP contribution is -2.48. The summed E-state index contributed by atoms with van der Waals surface area (Å²) in [5, 5.41) is 9.95. The van der Waals surface area contributed by atoms with Crippen molar-refractivity contribution in [3.8, 4) is 6.07 Å². The van der Waals surface area contributed by atoms with E-state index in [0.717, 1.165) is 16.8 Å². The fourth-order valence-corrected chi connectivity index (χ4v) is 6.62. The standard InChI is InChI=1S/C32H32FN5O2S2/c1-4-13-37-29(36-16-14-35(15-17-36)25-11-9-24(33)10-12-25)26(22(3)27(19-34)30(37)39)18-28-31(40)38(32(41)42-28)20-23-7-5-21(2)6-8-23/h5-12,18H,4,13-17,20H2,1-3H3/b28-18-. The summed E-state index contributed by atoms with van der Waals surface area (Å²) >= 11 is 6.85. The molecule has 0 spiro atoms. The SMILES string of the molecule is CCCn1c(N2CCN(c3ccc(F)cc3)CC2)c(/C=C2\SC(=S)N(Cc3ccc(C)cc3)C2=O)c(C)c(C#N)c1=O. The van der Waals surface area contributed by atoms with E-state index in [4.69, 9.17) is 12.2 Å². The van der Waals surface area contributed by atoms with Crippen LogP contribution >= 0.6 is 24.0 Å². The van der Waals surface area contributed by atoms with E-state index in [1.165, 1.54) is 23.9 Å². The van der Waals surface area contributed by atoms with E-state index in [0.29, 0.717) is 71.9 Å². The van der Waals surface area contributed by atoms with Crippen molar-refractivity contribution in [2.45, 2.75) is 40.3 Å². The van der Waals surface area contributed by atoms with Gasteiger partial charge in [0.05, 0.1) is 11.4 Å². The Bertz CT molecular complexity index is 1650. The minimum Gasteiger partial charge on any atom is -0.368 e. The molecular formula is C32H32FN5O2S2. The normalized spacial score (nSPS) is 16.5. The minimum absolute atomic E-state index is 0.0820. The maximum atomic E-state index is 13.6. The van der Waals surface area contributed by atoms with E-state index < -0.39 is 0 Å². The molecule has 2 fully saturated rings. The highest BCUT2D eigenvalue weighted by atomic mass is 32.2. The number of hydrogen-bond acceptors (Lipinski definition) is 7. The number of thiocarbonyl (C=S) groups is 1. The molecule has 2 aliphatic heterocycles. The summed E-state index contributed by atoms with van der Waals surface area (Å²) < 4.78 is 15.6. The molecule has 0 N–H and O–H groups in total. The molecule has 7 nitrogen and oxygen atoms in total. The van der Waals surface area contributed by atoms with Crippen molar-refractivity contribution < 1.29 is 9.18 Å². The fourth-order valence-electron chi connectivity index (χ4n) is 5.39. The van der Waals surface area contributed by atoms with Gasteiger partial charge >= 0.3 is 0 Å². The molecule has 42 heavy (non-hydrogen) atoms. The van der Waals surface area contributed by atoms with Crippen LogP contribution in [-0.2, 0) is 17.9 Å². The van der Waals surface area contributed by atoms with Gasteiger partial charge in [-0.1, -0.05) is 60.7 Å². The Hall–Kier alpha value is -3.94. The van der Waals surface area contributed by atoms with Crippen LogP contribution in [0.4, 0.5) is 15.9 Å². The maximum Gasteiger partial charge on any atom is 0.270 e. The average Bonchev–Trinajstić information content (AvgIpc) is 3.25. The van der Waals surface area contributed by atoms with Gasteiger partial charge in [0.1, 0.15) is 27.6 Å². The van der Waals surface area contributed by atoms with E-state index in [2.05, 4.69) is 15.9 Å². The van der Waals surface area contributed by atoms with E-state index in [1.807, 2.05) is 38.1 Å². The molecule has 10 heteroatoms. The van der Waals surface area contributed by atoms with Crippen molar-refractivity contribution in [2.24, 2.45) is 0 Å². The van der Waals surface area contributed by atoms with Gasteiger partial charge in [0.15, 0.2) is 0 Å². The zero-order chi connectivity index (χ0) is 30.0. The molecule has 3 heterocycles. The molecule has 2 aromatic carbocycles. The van der Waals surface area contributed by atoms with E-state index in [-0.39, 0.29) is 22.8 Å². The number of nitriles is 1. The molecule has 0 unspecified atom stereocenters. The highest BCUT2D eigenvalue weighted by molar-refractivity contribution is 8.26. The van der Waals surface area contributed by atoms with Gasteiger partial charge in [0.2, 0.25) is 0 Å². The lowest BCUT2D eigenvalue weighted by atomic mass is 10.0. The highest BCUT2D eigenvalue weighted by Crippen LogP contribution is 2.37. The Morgan fingerprint density at radius 2 is 1.64 bits per heavy atom. The second kappa shape index (κ2) is 12.5. The Balaban J connectivity index is 1.52. The predicted octanol–water partition coefficient (Wildman–Crippen LogP) is 5.61. The van der Waals surface area contributed by atoms with Gasteiger partial charge in [-0.3, -0.25) is 19.1 Å². The molecule has 0 bridgehead atoms. The highest BCUT2D eigenvalue weighted by Gasteiger charge is 2.34. The summed E-state index contributed by atoms with van der Waals surface area (Å²) in [6.07, 6.45) is 2.51. The Labute approximate surface area is 254 Å². The molecule has 1 aromatic heterocycles. The summed E-state index contributed by atoms with van der Waals surface area (Å²) in [5.74, 6) is 0.243. The lowest BCUT2D eigenvalue weighted by molar-refractivity contribution is -0.122. The van der Waals surface area contributed by atoms with E-state index >= 15 is 0 Å². The quantitative estimate of drug-likeness (QED) is 0.257. The summed E-state index contributed by atoms with van der Waals surface area (Å²) in [4.78, 5) is 33.5. The van der Waals surface area contributed by atoms with Gasteiger partial charge < -0.3 is 9.80 Å². The maximum absolute atomic E-state index is 13.6. The Morgan fingerprint density at radius 1 is 1.00 bits per heavy atom. The number of aryl methyl sites for hydroxylation is 1. The van der Waals surface area contributed by atoms with Gasteiger partial charge in [0.25, 0.3) is 11.5 Å². The molecule has 2 aliphatic rings. The first-order chi connectivity index (χ1) is 20.2. The number of rotatable bonds is 7. The fraction of sp³-hybridized carbons (Fsp3) is 0.312. The van der Waals surface area contributed by atoms with Gasteiger partial charge in [-0.05, 0) is 61.7 Å². The average molecular weight is 602 g/mol. The second-order valence-electron chi connectivity index (χ2n) is 10.5. The van der Waals surface area contributed by atoms with Crippen LogP contribution in [0.5, 0.6) is 0 Å². The monoisotopic (exact) mass is 601 g/mol. The van der Waals surface area contributed by atoms with Crippen LogP contribution in [0.3, 0.4) is 0 Å². The van der Waals surface area contributed by atoms with Crippen LogP contribution in [-0.4, -0.2) is 45.9 Å². The first kappa shape index (κ1) is 29.5. The number of anilines is 2. The number of thioether (sulfide) groups is 1. The molecule has 0 atom stereocenters. The molecule has 2 saturated heterocycles. The number of piperazine rings is 1. The van der Waals surface area contributed by atoms with E-state index in [1.54, 1.807) is 34.6 Å². The zero-order valence-corrected chi connectivity index (χ0v) is 25.5. The van der Waals surface area contributed by atoms with Crippen LogP contribution in [0.25, 0.3) is 6.08 Å². The molecule has 5 rings (SSSR count). The first-order valence-corrected chi connectivity index (χ1v) is 15.2. The lowest BCUT2D eigenvalue weighted by Gasteiger charge is -2.39. The number of carbonyl (C=O) groups is 1. The zero-order valence-electron chi connectivity index (χ0n) is 23.9. The molecule has 216 valence electrons. The number of hydrogen-bond donors (Lipinski definition) is 0. The Kier molecular flexibility index (Phi) is 8.80. The summed E-state index contributed by atoms with van der Waals surface area (Å²) in [6.45, 7) is 9.16. The van der Waals surface area contributed by atoms with Gasteiger partial charge in [-0.2, -0.15) is 5.26 Å². The number of carbonyl (C=O) groups excluding carboxylic acids is 1. The van der Waals surface area contributed by atoms with Crippen molar-refractivity contribution in [3.63, 3.8) is 0 Å². The largest absolute Gasteiger partial charge is 0.368 e. The molecule has 0 aliphatic carbocycles. The first-order valence-electron chi connectivity index (χ1n) is 14.0. The summed E-state index contributed by atoms with van der Waals surface area (Å²) in [5.41, 5.74) is 4.06. The number of aromatic nitrogens is 1. The van der Waals surface area contributed by atoms with Gasteiger partial charge in [-0.15, -0.1) is 0 Å². The Morgan fingerprint density at radius 3 is 2.26 bits per heavy atom. The van der Waals surface area contributed by atoms with E-state index in [9.17, 15) is 19.2 Å². The number of pyridine rings is 1. The van der Waals surface area contributed by atoms with Crippen LogP contribution < -0.4 is 15.4 Å². The van der Waals surface area contributed by atoms with Gasteiger partial charge in [0, 0.05) is 44.0 Å². The topological polar surface area (TPSA) is 72.6 Å². The molecule has 0 radical (unpaired) electrons. The third kappa shape index (κ3) is 5.85. The van der Waals surface area contributed by atoms with Crippen molar-refractivity contribution in [3.05, 3.63) is 97.4 Å². The predicted molar refractivity (Wildman–Crippen MR) is 171 cm³/mol. The minimum atomic E-state index is -0.322. The smallest absolute Gasteiger partial charge is 0.270 e. The second-order valence-corrected chi connectivity index (χ2v) is 12.2. The molecular weight excluding hydrogens is 570 g/mol. The molecule has 3 aromatic rings. The van der Waals surface area contributed by atoms with Crippen molar-refractivity contribution in [1.82, 2.24) is 9.47 Å². The number of halogens is 1. The number of benzene rings is 2.